The molecule has 0 aliphatic rings. The predicted molar refractivity (Wildman–Crippen MR) is 77.2 cm³/mol. The molecule has 0 aromatic heterocycles. The lowest BCUT2D eigenvalue weighted by atomic mass is 10.3. The van der Waals surface area contributed by atoms with Crippen LogP contribution in [0.3, 0.4) is 0 Å². The Balaban J connectivity index is 2.23. The van der Waals surface area contributed by atoms with E-state index in [2.05, 4.69) is 12.1 Å². The Morgan fingerprint density at radius 1 is 1.00 bits per heavy atom. The van der Waals surface area contributed by atoms with Gasteiger partial charge in [-0.1, -0.05) is 36.0 Å². The standard InChI is InChI=1S/C15H17NOS/c1-11(2)17-13-9-6-10-14(15(13)16)18-12-7-4-3-5-8-12/h3-11H,16H2,1-2H3. The molecule has 2 nitrogen and oxygen atoms in total. The Morgan fingerprint density at radius 2 is 1.72 bits per heavy atom. The minimum Gasteiger partial charge on any atom is -0.489 e. The van der Waals surface area contributed by atoms with Gasteiger partial charge >= 0.3 is 0 Å². The highest BCUT2D eigenvalue weighted by atomic mass is 32.2. The molecule has 0 unspecified atom stereocenters. The third-order valence-electron chi connectivity index (χ3n) is 2.36. The second kappa shape index (κ2) is 5.83. The van der Waals surface area contributed by atoms with Crippen LogP contribution < -0.4 is 10.5 Å². The average Bonchev–Trinajstić information content (AvgIpc) is 2.35. The second-order valence-corrected chi connectivity index (χ2v) is 5.37. The second-order valence-electron chi connectivity index (χ2n) is 4.25. The maximum absolute atomic E-state index is 6.13. The topological polar surface area (TPSA) is 35.2 Å². The SMILES string of the molecule is CC(C)Oc1cccc(Sc2ccccc2)c1N. The van der Waals surface area contributed by atoms with Gasteiger partial charge < -0.3 is 10.5 Å². The zero-order chi connectivity index (χ0) is 13.0. The molecule has 2 aromatic carbocycles. The normalized spacial score (nSPS) is 10.6. The van der Waals surface area contributed by atoms with Crippen molar-refractivity contribution in [2.75, 3.05) is 5.73 Å². The van der Waals surface area contributed by atoms with Crippen LogP contribution in [-0.4, -0.2) is 6.10 Å². The van der Waals surface area contributed by atoms with Crippen LogP contribution in [0.1, 0.15) is 13.8 Å². The summed E-state index contributed by atoms with van der Waals surface area (Å²) in [5.74, 6) is 0.755. The van der Waals surface area contributed by atoms with Crippen molar-refractivity contribution >= 4 is 17.4 Å². The molecule has 2 aromatic rings. The van der Waals surface area contributed by atoms with E-state index in [0.29, 0.717) is 5.69 Å². The molecule has 0 aliphatic heterocycles. The van der Waals surface area contributed by atoms with Crippen molar-refractivity contribution in [1.29, 1.82) is 0 Å². The first kappa shape index (κ1) is 12.8. The lowest BCUT2D eigenvalue weighted by Crippen LogP contribution is -2.07. The fourth-order valence-corrected chi connectivity index (χ4v) is 2.49. The first-order chi connectivity index (χ1) is 8.66. The predicted octanol–water partition coefficient (Wildman–Crippen LogP) is 4.21. The number of nitrogens with two attached hydrogens (primary N) is 1. The fraction of sp³-hybridized carbons (Fsp3) is 0.200. The van der Waals surface area contributed by atoms with Crippen LogP contribution in [0.2, 0.25) is 0 Å². The summed E-state index contributed by atoms with van der Waals surface area (Å²) in [4.78, 5) is 2.20. The molecule has 0 spiro atoms. The van der Waals surface area contributed by atoms with E-state index in [9.17, 15) is 0 Å². The van der Waals surface area contributed by atoms with E-state index in [4.69, 9.17) is 10.5 Å². The number of hydrogen-bond acceptors (Lipinski definition) is 3. The molecule has 0 fully saturated rings. The van der Waals surface area contributed by atoms with E-state index in [0.717, 1.165) is 10.6 Å². The largest absolute Gasteiger partial charge is 0.489 e. The van der Waals surface area contributed by atoms with E-state index in [1.165, 1.54) is 4.90 Å². The average molecular weight is 259 g/mol. The molecule has 0 aliphatic carbocycles. The summed E-state index contributed by atoms with van der Waals surface area (Å²) in [6, 6.07) is 16.1. The van der Waals surface area contributed by atoms with Gasteiger partial charge in [0.15, 0.2) is 0 Å². The fourth-order valence-electron chi connectivity index (χ4n) is 1.59. The molecule has 0 saturated carbocycles. The quantitative estimate of drug-likeness (QED) is 0.835. The molecule has 2 N–H and O–H groups in total. The van der Waals surface area contributed by atoms with Crippen molar-refractivity contribution in [2.24, 2.45) is 0 Å². The highest BCUT2D eigenvalue weighted by molar-refractivity contribution is 7.99. The van der Waals surface area contributed by atoms with Crippen molar-refractivity contribution in [3.8, 4) is 5.75 Å². The smallest absolute Gasteiger partial charge is 0.143 e. The van der Waals surface area contributed by atoms with E-state index in [1.54, 1.807) is 11.8 Å². The Labute approximate surface area is 112 Å². The zero-order valence-corrected chi connectivity index (χ0v) is 11.4. The van der Waals surface area contributed by atoms with Crippen LogP contribution in [-0.2, 0) is 0 Å². The van der Waals surface area contributed by atoms with Gasteiger partial charge in [0.05, 0.1) is 11.8 Å². The van der Waals surface area contributed by atoms with Gasteiger partial charge in [0, 0.05) is 9.79 Å². The molecule has 0 amide bonds. The van der Waals surface area contributed by atoms with Gasteiger partial charge in [-0.2, -0.15) is 0 Å². The van der Waals surface area contributed by atoms with Gasteiger partial charge in [-0.05, 0) is 38.1 Å². The minimum atomic E-state index is 0.129. The Hall–Kier alpha value is -1.61. The molecular formula is C15H17NOS. The highest BCUT2D eigenvalue weighted by Gasteiger charge is 2.08. The summed E-state index contributed by atoms with van der Waals surface area (Å²) in [6.45, 7) is 3.99. The van der Waals surface area contributed by atoms with E-state index < -0.39 is 0 Å². The summed E-state index contributed by atoms with van der Waals surface area (Å²) >= 11 is 1.65. The van der Waals surface area contributed by atoms with Crippen LogP contribution in [0.25, 0.3) is 0 Å². The first-order valence-corrected chi connectivity index (χ1v) is 6.76. The molecule has 0 radical (unpaired) electrons. The summed E-state index contributed by atoms with van der Waals surface area (Å²) in [5.41, 5.74) is 6.84. The van der Waals surface area contributed by atoms with Gasteiger partial charge in [-0.3, -0.25) is 0 Å². The molecule has 0 bridgehead atoms. The molecule has 0 saturated heterocycles. The van der Waals surface area contributed by atoms with Gasteiger partial charge in [0.1, 0.15) is 5.75 Å². The molecule has 0 atom stereocenters. The van der Waals surface area contributed by atoms with Crippen LogP contribution in [0, 0.1) is 0 Å². The third kappa shape index (κ3) is 3.20. The van der Waals surface area contributed by atoms with Gasteiger partial charge in [0.25, 0.3) is 0 Å². The summed E-state index contributed by atoms with van der Waals surface area (Å²) in [7, 11) is 0. The lowest BCUT2D eigenvalue weighted by Gasteiger charge is -2.14. The van der Waals surface area contributed by atoms with Crippen molar-refractivity contribution < 1.29 is 4.74 Å². The number of benzene rings is 2. The molecular weight excluding hydrogens is 242 g/mol. The monoisotopic (exact) mass is 259 g/mol. The Bertz CT molecular complexity index is 511. The number of rotatable bonds is 4. The molecule has 0 heterocycles. The lowest BCUT2D eigenvalue weighted by molar-refractivity contribution is 0.243. The van der Waals surface area contributed by atoms with Gasteiger partial charge in [0.2, 0.25) is 0 Å². The number of anilines is 1. The van der Waals surface area contributed by atoms with Crippen molar-refractivity contribution in [1.82, 2.24) is 0 Å². The maximum Gasteiger partial charge on any atom is 0.143 e. The number of nitrogen functional groups attached to an aromatic ring is 1. The Kier molecular flexibility index (Phi) is 4.15. The van der Waals surface area contributed by atoms with Crippen LogP contribution in [0.5, 0.6) is 5.75 Å². The Morgan fingerprint density at radius 3 is 2.39 bits per heavy atom. The van der Waals surface area contributed by atoms with Crippen molar-refractivity contribution in [2.45, 2.75) is 29.7 Å². The molecule has 2 rings (SSSR count). The van der Waals surface area contributed by atoms with E-state index in [1.807, 2.05) is 50.2 Å². The van der Waals surface area contributed by atoms with Crippen LogP contribution in [0.4, 0.5) is 5.69 Å². The van der Waals surface area contributed by atoms with Gasteiger partial charge in [-0.25, -0.2) is 0 Å². The number of para-hydroxylation sites is 1. The zero-order valence-electron chi connectivity index (χ0n) is 10.6. The van der Waals surface area contributed by atoms with Crippen molar-refractivity contribution in [3.63, 3.8) is 0 Å². The molecule has 3 heteroatoms. The number of ether oxygens (including phenoxy) is 1. The van der Waals surface area contributed by atoms with E-state index in [-0.39, 0.29) is 6.10 Å². The van der Waals surface area contributed by atoms with Crippen LogP contribution in [0.15, 0.2) is 58.3 Å². The summed E-state index contributed by atoms with van der Waals surface area (Å²) in [6.07, 6.45) is 0.129. The van der Waals surface area contributed by atoms with Crippen LogP contribution >= 0.6 is 11.8 Å². The molecule has 18 heavy (non-hydrogen) atoms. The highest BCUT2D eigenvalue weighted by Crippen LogP contribution is 2.37. The first-order valence-electron chi connectivity index (χ1n) is 5.95. The van der Waals surface area contributed by atoms with Crippen molar-refractivity contribution in [3.05, 3.63) is 48.5 Å². The summed E-state index contributed by atoms with van der Waals surface area (Å²) in [5, 5.41) is 0. The minimum absolute atomic E-state index is 0.129. The number of hydrogen-bond donors (Lipinski definition) is 1. The molecule has 94 valence electrons. The summed E-state index contributed by atoms with van der Waals surface area (Å²) < 4.78 is 5.68. The maximum atomic E-state index is 6.13. The van der Waals surface area contributed by atoms with E-state index >= 15 is 0 Å². The third-order valence-corrected chi connectivity index (χ3v) is 3.44. The van der Waals surface area contributed by atoms with Gasteiger partial charge in [-0.15, -0.1) is 0 Å².